The molecule has 0 radical (unpaired) electrons. The van der Waals surface area contributed by atoms with Crippen LogP contribution in [0, 0.1) is 0 Å². The van der Waals surface area contributed by atoms with Gasteiger partial charge in [0.15, 0.2) is 0 Å². The van der Waals surface area contributed by atoms with Gasteiger partial charge in [0.2, 0.25) is 0 Å². The number of rotatable bonds is 5. The number of aliphatic carboxylic acids is 2. The quantitative estimate of drug-likeness (QED) is 0.318. The van der Waals surface area contributed by atoms with Crippen LogP contribution >= 0.6 is 15.9 Å². The van der Waals surface area contributed by atoms with Gasteiger partial charge in [-0.3, -0.25) is 0 Å². The number of hydrogen-bond acceptors (Lipinski definition) is 4. The number of piperidine rings is 1. The molecule has 1 saturated heterocycles. The van der Waals surface area contributed by atoms with Gasteiger partial charge < -0.3 is 20.1 Å². The number of para-hydroxylation sites is 1. The summed E-state index contributed by atoms with van der Waals surface area (Å²) in [6.45, 7) is 3.43. The van der Waals surface area contributed by atoms with E-state index in [1.165, 1.54) is 34.9 Å². The molecular formula is C26H27BrN4O4. The van der Waals surface area contributed by atoms with Crippen LogP contribution in [0.1, 0.15) is 29.9 Å². The number of benzene rings is 2. The van der Waals surface area contributed by atoms with Crippen molar-refractivity contribution in [3.8, 4) is 5.69 Å². The summed E-state index contributed by atoms with van der Waals surface area (Å²) in [5.74, 6) is -3.00. The van der Waals surface area contributed by atoms with E-state index in [2.05, 4.69) is 73.6 Å². The summed E-state index contributed by atoms with van der Waals surface area (Å²) in [7, 11) is 0. The predicted molar refractivity (Wildman–Crippen MR) is 137 cm³/mol. The second kappa shape index (κ2) is 11.3. The molecule has 0 atom stereocenters. The summed E-state index contributed by atoms with van der Waals surface area (Å²) in [5.41, 5.74) is 5.13. The fourth-order valence-electron chi connectivity index (χ4n) is 4.42. The molecule has 8 nitrogen and oxygen atoms in total. The molecule has 0 unspecified atom stereocenters. The molecule has 5 rings (SSSR count). The monoisotopic (exact) mass is 538 g/mol. The second-order valence-corrected chi connectivity index (χ2v) is 9.45. The molecule has 1 fully saturated rings. The Morgan fingerprint density at radius 3 is 2.46 bits per heavy atom. The zero-order chi connectivity index (χ0) is 24.8. The first-order valence-electron chi connectivity index (χ1n) is 11.4. The van der Waals surface area contributed by atoms with Crippen molar-refractivity contribution in [2.45, 2.75) is 25.2 Å². The average molecular weight is 539 g/mol. The number of fused-ring (bicyclic) bond motifs is 1. The lowest BCUT2D eigenvalue weighted by Crippen LogP contribution is -2.34. The maximum absolute atomic E-state index is 9.10. The van der Waals surface area contributed by atoms with E-state index < -0.39 is 11.9 Å². The number of likely N-dealkylation sites (tertiary alicyclic amines) is 1. The first-order valence-corrected chi connectivity index (χ1v) is 12.2. The van der Waals surface area contributed by atoms with E-state index in [9.17, 15) is 0 Å². The van der Waals surface area contributed by atoms with Gasteiger partial charge in [0.1, 0.15) is 0 Å². The number of nitrogens with zero attached hydrogens (tertiary/aromatic N) is 3. The molecule has 35 heavy (non-hydrogen) atoms. The fraction of sp³-hybridized carbons (Fsp3) is 0.269. The van der Waals surface area contributed by atoms with Crippen molar-refractivity contribution in [2.75, 3.05) is 19.6 Å². The largest absolute Gasteiger partial charge is 0.473 e. The van der Waals surface area contributed by atoms with Crippen LogP contribution < -0.4 is 0 Å². The van der Waals surface area contributed by atoms with Crippen molar-refractivity contribution in [3.05, 3.63) is 82.7 Å². The highest BCUT2D eigenvalue weighted by atomic mass is 79.9. The van der Waals surface area contributed by atoms with Gasteiger partial charge in [-0.05, 0) is 79.7 Å². The Morgan fingerprint density at radius 1 is 1.06 bits per heavy atom. The molecule has 0 bridgehead atoms. The number of carbonyl (C=O) groups is 2. The lowest BCUT2D eigenvalue weighted by molar-refractivity contribution is -0.159. The van der Waals surface area contributed by atoms with Crippen LogP contribution in [0.5, 0.6) is 0 Å². The van der Waals surface area contributed by atoms with Crippen molar-refractivity contribution in [1.82, 2.24) is 19.7 Å². The minimum atomic E-state index is -1.82. The normalized spacial score (nSPS) is 14.4. The Morgan fingerprint density at radius 2 is 1.77 bits per heavy atom. The number of carboxylic acid groups (broad SMARTS) is 2. The predicted octanol–water partition coefficient (Wildman–Crippen LogP) is 4.69. The first kappa shape index (κ1) is 24.7. The number of H-pyrrole nitrogens is 1. The van der Waals surface area contributed by atoms with Crippen LogP contribution in [0.2, 0.25) is 0 Å². The Hall–Kier alpha value is -3.43. The fourth-order valence-corrected chi connectivity index (χ4v) is 4.78. The van der Waals surface area contributed by atoms with Gasteiger partial charge in [0.05, 0.1) is 11.9 Å². The Bertz CT molecular complexity index is 1280. The third-order valence-electron chi connectivity index (χ3n) is 6.26. The lowest BCUT2D eigenvalue weighted by atomic mass is 9.89. The van der Waals surface area contributed by atoms with E-state index in [1.807, 2.05) is 29.1 Å². The Kier molecular flexibility index (Phi) is 7.99. The maximum Gasteiger partial charge on any atom is 0.414 e. The summed E-state index contributed by atoms with van der Waals surface area (Å²) in [6, 6.07) is 16.8. The van der Waals surface area contributed by atoms with Gasteiger partial charge in [0, 0.05) is 34.3 Å². The van der Waals surface area contributed by atoms with E-state index in [0.29, 0.717) is 5.92 Å². The molecule has 182 valence electrons. The van der Waals surface area contributed by atoms with Gasteiger partial charge >= 0.3 is 11.9 Å². The highest BCUT2D eigenvalue weighted by molar-refractivity contribution is 9.10. The van der Waals surface area contributed by atoms with Gasteiger partial charge in [-0.25, -0.2) is 14.3 Å². The van der Waals surface area contributed by atoms with Gasteiger partial charge in [-0.2, -0.15) is 5.10 Å². The highest BCUT2D eigenvalue weighted by Crippen LogP contribution is 2.34. The topological polar surface area (TPSA) is 111 Å². The minimum Gasteiger partial charge on any atom is -0.473 e. The van der Waals surface area contributed by atoms with Crippen molar-refractivity contribution < 1.29 is 19.8 Å². The molecule has 2 aromatic heterocycles. The van der Waals surface area contributed by atoms with Gasteiger partial charge in [-0.1, -0.05) is 34.1 Å². The number of hydrogen-bond donors (Lipinski definition) is 3. The third-order valence-corrected chi connectivity index (χ3v) is 6.75. The standard InChI is InChI=1S/C24H25BrN4.C2H2O4/c25-20-6-7-24-22(14-20)23(16-26-24)19-9-12-28(13-10-19)11-8-18-15-27-29(17-18)21-4-2-1-3-5-21;3-1(4)2(5)6/h1-7,14-17,19,26H,8-13H2;(H,3,4)(H,5,6). The molecule has 0 amide bonds. The lowest BCUT2D eigenvalue weighted by Gasteiger charge is -2.31. The zero-order valence-corrected chi connectivity index (χ0v) is 20.7. The van der Waals surface area contributed by atoms with Gasteiger partial charge in [-0.15, -0.1) is 0 Å². The summed E-state index contributed by atoms with van der Waals surface area (Å²) in [6.07, 6.45) is 9.88. The molecule has 0 aliphatic carbocycles. The molecule has 3 heterocycles. The van der Waals surface area contributed by atoms with Crippen LogP contribution in [-0.2, 0) is 16.0 Å². The van der Waals surface area contributed by atoms with E-state index >= 15 is 0 Å². The SMILES string of the molecule is Brc1ccc2[nH]cc(C3CCN(CCc4cnn(-c5ccccc5)c4)CC3)c2c1.O=C(O)C(=O)O. The molecule has 1 aliphatic rings. The Labute approximate surface area is 211 Å². The average Bonchev–Trinajstić information content (AvgIpc) is 3.51. The van der Waals surface area contributed by atoms with Crippen LogP contribution in [0.25, 0.3) is 16.6 Å². The summed E-state index contributed by atoms with van der Waals surface area (Å²) in [5, 5.41) is 20.7. The van der Waals surface area contributed by atoms with Crippen LogP contribution in [-0.4, -0.2) is 61.5 Å². The molecule has 4 aromatic rings. The molecule has 0 spiro atoms. The number of aromatic nitrogens is 3. The van der Waals surface area contributed by atoms with Gasteiger partial charge in [0.25, 0.3) is 0 Å². The van der Waals surface area contributed by atoms with Crippen LogP contribution in [0.3, 0.4) is 0 Å². The minimum absolute atomic E-state index is 0.648. The summed E-state index contributed by atoms with van der Waals surface area (Å²) >= 11 is 3.62. The smallest absolute Gasteiger partial charge is 0.414 e. The highest BCUT2D eigenvalue weighted by Gasteiger charge is 2.22. The number of halogens is 1. The maximum atomic E-state index is 9.10. The van der Waals surface area contributed by atoms with Crippen LogP contribution in [0.15, 0.2) is 71.6 Å². The molecular weight excluding hydrogens is 512 g/mol. The van der Waals surface area contributed by atoms with Crippen molar-refractivity contribution >= 4 is 38.8 Å². The van der Waals surface area contributed by atoms with E-state index in [-0.39, 0.29) is 0 Å². The number of nitrogens with one attached hydrogen (secondary N) is 1. The molecule has 1 aliphatic heterocycles. The Balaban J connectivity index is 0.000000431. The van der Waals surface area contributed by atoms with Crippen molar-refractivity contribution in [1.29, 1.82) is 0 Å². The molecule has 2 aromatic carbocycles. The van der Waals surface area contributed by atoms with E-state index in [1.54, 1.807) is 0 Å². The third kappa shape index (κ3) is 6.37. The van der Waals surface area contributed by atoms with Crippen molar-refractivity contribution in [2.24, 2.45) is 0 Å². The van der Waals surface area contributed by atoms with Crippen LogP contribution in [0.4, 0.5) is 0 Å². The number of carboxylic acids is 2. The second-order valence-electron chi connectivity index (χ2n) is 8.54. The number of aromatic amines is 1. The zero-order valence-electron chi connectivity index (χ0n) is 19.1. The molecule has 3 N–H and O–H groups in total. The summed E-state index contributed by atoms with van der Waals surface area (Å²) in [4.78, 5) is 24.2. The van der Waals surface area contributed by atoms with E-state index in [4.69, 9.17) is 19.8 Å². The molecule has 0 saturated carbocycles. The summed E-state index contributed by atoms with van der Waals surface area (Å²) < 4.78 is 3.12. The van der Waals surface area contributed by atoms with E-state index in [0.717, 1.165) is 36.2 Å². The first-order chi connectivity index (χ1) is 16.9. The van der Waals surface area contributed by atoms with Crippen molar-refractivity contribution in [3.63, 3.8) is 0 Å². The molecule has 9 heteroatoms.